The number of anilines is 1. The van der Waals surface area contributed by atoms with Gasteiger partial charge in [-0.2, -0.15) is 0 Å². The van der Waals surface area contributed by atoms with Crippen LogP contribution in [0.15, 0.2) is 59.0 Å². The highest BCUT2D eigenvalue weighted by atomic mass is 16.5. The molecule has 0 aliphatic carbocycles. The van der Waals surface area contributed by atoms with E-state index in [-0.39, 0.29) is 24.5 Å². The average molecular weight is 393 g/mol. The molecule has 5 nitrogen and oxygen atoms in total. The van der Waals surface area contributed by atoms with Crippen molar-refractivity contribution in [1.29, 1.82) is 0 Å². The fourth-order valence-electron chi connectivity index (χ4n) is 3.02. The molecular formula is C24H27NO4. The molecule has 0 fully saturated rings. The van der Waals surface area contributed by atoms with E-state index in [9.17, 15) is 4.79 Å². The Morgan fingerprint density at radius 3 is 2.38 bits per heavy atom. The van der Waals surface area contributed by atoms with Crippen LogP contribution in [-0.2, 0) is 16.8 Å². The van der Waals surface area contributed by atoms with E-state index in [1.54, 1.807) is 6.07 Å². The molecule has 0 atom stereocenters. The van der Waals surface area contributed by atoms with Gasteiger partial charge in [-0.1, -0.05) is 32.9 Å². The van der Waals surface area contributed by atoms with E-state index in [1.807, 2.05) is 55.5 Å². The van der Waals surface area contributed by atoms with E-state index in [0.717, 1.165) is 11.1 Å². The molecule has 1 amide bonds. The SMILES string of the molecule is Cc1cc(NC(=O)COc2ccc(C(C)(C)C)cc2)ccc1-c1ccc(CO)o1. The van der Waals surface area contributed by atoms with Crippen LogP contribution in [0.4, 0.5) is 5.69 Å². The molecule has 3 aromatic rings. The molecule has 0 aliphatic heterocycles. The van der Waals surface area contributed by atoms with Gasteiger partial charge >= 0.3 is 0 Å². The number of amides is 1. The zero-order chi connectivity index (χ0) is 21.0. The molecule has 1 aromatic heterocycles. The molecule has 152 valence electrons. The molecule has 0 saturated heterocycles. The van der Waals surface area contributed by atoms with Crippen LogP contribution in [-0.4, -0.2) is 17.6 Å². The van der Waals surface area contributed by atoms with Gasteiger partial charge in [-0.15, -0.1) is 0 Å². The molecule has 2 N–H and O–H groups in total. The maximum absolute atomic E-state index is 12.2. The van der Waals surface area contributed by atoms with Crippen molar-refractivity contribution < 1.29 is 19.1 Å². The van der Waals surface area contributed by atoms with E-state index in [1.165, 1.54) is 5.56 Å². The van der Waals surface area contributed by atoms with E-state index in [0.29, 0.717) is 23.0 Å². The molecule has 5 heteroatoms. The van der Waals surface area contributed by atoms with E-state index in [4.69, 9.17) is 14.3 Å². The molecule has 1 heterocycles. The summed E-state index contributed by atoms with van der Waals surface area (Å²) in [6.45, 7) is 8.21. The minimum absolute atomic E-state index is 0.0618. The zero-order valence-electron chi connectivity index (χ0n) is 17.3. The molecule has 2 aromatic carbocycles. The second kappa shape index (κ2) is 8.53. The van der Waals surface area contributed by atoms with Gasteiger partial charge in [0.25, 0.3) is 5.91 Å². The molecular weight excluding hydrogens is 366 g/mol. The van der Waals surface area contributed by atoms with Crippen LogP contribution in [0.5, 0.6) is 5.75 Å². The summed E-state index contributed by atoms with van der Waals surface area (Å²) in [5.74, 6) is 1.64. The highest BCUT2D eigenvalue weighted by molar-refractivity contribution is 5.92. The minimum atomic E-state index is -0.224. The lowest BCUT2D eigenvalue weighted by molar-refractivity contribution is -0.118. The number of aliphatic hydroxyl groups is 1. The van der Waals surface area contributed by atoms with Crippen LogP contribution in [0.25, 0.3) is 11.3 Å². The monoisotopic (exact) mass is 393 g/mol. The normalized spacial score (nSPS) is 11.3. The molecule has 0 unspecified atom stereocenters. The van der Waals surface area contributed by atoms with Gasteiger partial charge in [0.05, 0.1) is 0 Å². The Morgan fingerprint density at radius 2 is 1.79 bits per heavy atom. The first kappa shape index (κ1) is 20.7. The summed E-state index contributed by atoms with van der Waals surface area (Å²) >= 11 is 0. The number of aliphatic hydroxyl groups excluding tert-OH is 1. The summed E-state index contributed by atoms with van der Waals surface area (Å²) in [5, 5.41) is 12.0. The predicted molar refractivity (Wildman–Crippen MR) is 114 cm³/mol. The number of benzene rings is 2. The first-order valence-corrected chi connectivity index (χ1v) is 9.60. The van der Waals surface area contributed by atoms with Crippen LogP contribution in [0, 0.1) is 6.92 Å². The lowest BCUT2D eigenvalue weighted by atomic mass is 9.87. The molecule has 0 saturated carbocycles. The molecule has 3 rings (SSSR count). The van der Waals surface area contributed by atoms with Crippen molar-refractivity contribution in [2.24, 2.45) is 0 Å². The third-order valence-electron chi connectivity index (χ3n) is 4.68. The van der Waals surface area contributed by atoms with Gasteiger partial charge in [0, 0.05) is 11.3 Å². The standard InChI is InChI=1S/C24H27NO4/c1-16-13-18(7-11-21(16)22-12-10-20(14-26)29-22)25-23(27)15-28-19-8-5-17(6-9-19)24(2,3)4/h5-13,26H,14-15H2,1-4H3,(H,25,27). The number of nitrogens with one attached hydrogen (secondary N) is 1. The van der Waals surface area contributed by atoms with Gasteiger partial charge in [-0.25, -0.2) is 0 Å². The number of carbonyl (C=O) groups excluding carboxylic acids is 1. The van der Waals surface area contributed by atoms with Crippen molar-refractivity contribution in [3.8, 4) is 17.1 Å². The number of carbonyl (C=O) groups is 1. The average Bonchev–Trinajstić information content (AvgIpc) is 3.15. The lowest BCUT2D eigenvalue weighted by Crippen LogP contribution is -2.20. The van der Waals surface area contributed by atoms with Crippen molar-refractivity contribution in [1.82, 2.24) is 0 Å². The predicted octanol–water partition coefficient (Wildman–Crippen LogP) is 5.06. The van der Waals surface area contributed by atoms with Crippen LogP contribution < -0.4 is 10.1 Å². The largest absolute Gasteiger partial charge is 0.484 e. The molecule has 29 heavy (non-hydrogen) atoms. The van der Waals surface area contributed by atoms with E-state index >= 15 is 0 Å². The van der Waals surface area contributed by atoms with Gasteiger partial charge in [-0.3, -0.25) is 4.79 Å². The third-order valence-corrected chi connectivity index (χ3v) is 4.68. The van der Waals surface area contributed by atoms with E-state index < -0.39 is 0 Å². The van der Waals surface area contributed by atoms with Crippen molar-refractivity contribution in [3.63, 3.8) is 0 Å². The highest BCUT2D eigenvalue weighted by Gasteiger charge is 2.13. The summed E-state index contributed by atoms with van der Waals surface area (Å²) in [5.41, 5.74) is 3.86. The second-order valence-corrected chi connectivity index (χ2v) is 8.07. The van der Waals surface area contributed by atoms with Gasteiger partial charge in [0.1, 0.15) is 23.9 Å². The number of hydrogen-bond donors (Lipinski definition) is 2. The number of ether oxygens (including phenoxy) is 1. The van der Waals surface area contributed by atoms with E-state index in [2.05, 4.69) is 26.1 Å². The number of hydrogen-bond acceptors (Lipinski definition) is 4. The summed E-state index contributed by atoms with van der Waals surface area (Å²) in [4.78, 5) is 12.2. The summed E-state index contributed by atoms with van der Waals surface area (Å²) in [6, 6.07) is 17.0. The van der Waals surface area contributed by atoms with Crippen molar-refractivity contribution in [2.75, 3.05) is 11.9 Å². The molecule has 0 bridgehead atoms. The van der Waals surface area contributed by atoms with Gasteiger partial charge in [0.2, 0.25) is 0 Å². The molecule has 0 aliphatic rings. The summed E-state index contributed by atoms with van der Waals surface area (Å²) < 4.78 is 11.2. The zero-order valence-corrected chi connectivity index (χ0v) is 17.3. The molecule has 0 spiro atoms. The highest BCUT2D eigenvalue weighted by Crippen LogP contribution is 2.28. The Morgan fingerprint density at radius 1 is 1.07 bits per heavy atom. The summed E-state index contributed by atoms with van der Waals surface area (Å²) in [7, 11) is 0. The Bertz CT molecular complexity index is 981. The quantitative estimate of drug-likeness (QED) is 0.614. The Hall–Kier alpha value is -3.05. The Balaban J connectivity index is 1.58. The fourth-order valence-corrected chi connectivity index (χ4v) is 3.02. The maximum atomic E-state index is 12.2. The lowest BCUT2D eigenvalue weighted by Gasteiger charge is -2.19. The first-order chi connectivity index (χ1) is 13.8. The van der Waals surface area contributed by atoms with Crippen LogP contribution >= 0.6 is 0 Å². The van der Waals surface area contributed by atoms with Gasteiger partial charge in [0.15, 0.2) is 6.61 Å². The fraction of sp³-hybridized carbons (Fsp3) is 0.292. The molecule has 0 radical (unpaired) electrons. The first-order valence-electron chi connectivity index (χ1n) is 9.60. The van der Waals surface area contributed by atoms with Crippen LogP contribution in [0.1, 0.15) is 37.7 Å². The summed E-state index contributed by atoms with van der Waals surface area (Å²) in [6.07, 6.45) is 0. The van der Waals surface area contributed by atoms with Crippen LogP contribution in [0.2, 0.25) is 0 Å². The minimum Gasteiger partial charge on any atom is -0.484 e. The van der Waals surface area contributed by atoms with Crippen molar-refractivity contribution >= 4 is 11.6 Å². The van der Waals surface area contributed by atoms with Gasteiger partial charge in [-0.05, 0) is 65.9 Å². The van der Waals surface area contributed by atoms with Crippen molar-refractivity contribution in [2.45, 2.75) is 39.7 Å². The number of aryl methyl sites for hydroxylation is 1. The maximum Gasteiger partial charge on any atom is 0.262 e. The van der Waals surface area contributed by atoms with Gasteiger partial charge < -0.3 is 19.6 Å². The smallest absolute Gasteiger partial charge is 0.262 e. The van der Waals surface area contributed by atoms with Crippen molar-refractivity contribution in [3.05, 3.63) is 71.5 Å². The second-order valence-electron chi connectivity index (χ2n) is 8.07. The van der Waals surface area contributed by atoms with Crippen LogP contribution in [0.3, 0.4) is 0 Å². The Labute approximate surface area is 171 Å². The third kappa shape index (κ3) is 5.27. The number of furan rings is 1. The Kier molecular flexibility index (Phi) is 6.09. The topological polar surface area (TPSA) is 71.7 Å². The number of rotatable bonds is 6.